The second-order valence-electron chi connectivity index (χ2n) is 4.35. The van der Waals surface area contributed by atoms with Gasteiger partial charge in [-0.3, -0.25) is 4.57 Å². The minimum absolute atomic E-state index is 0.0182. The van der Waals surface area contributed by atoms with Gasteiger partial charge in [0.05, 0.1) is 29.2 Å². The second kappa shape index (κ2) is 3.99. The Labute approximate surface area is 102 Å². The molecule has 1 aromatic carbocycles. The first-order valence-electron chi connectivity index (χ1n) is 5.72. The Morgan fingerprint density at radius 3 is 3.00 bits per heavy atom. The van der Waals surface area contributed by atoms with E-state index in [2.05, 4.69) is 4.98 Å². The maximum atomic E-state index is 11.9. The van der Waals surface area contributed by atoms with Gasteiger partial charge in [-0.2, -0.15) is 0 Å². The molecule has 18 heavy (non-hydrogen) atoms. The lowest BCUT2D eigenvalue weighted by atomic mass is 10.2. The maximum absolute atomic E-state index is 11.9. The molecule has 0 aliphatic carbocycles. The van der Waals surface area contributed by atoms with E-state index in [0.717, 1.165) is 6.42 Å². The summed E-state index contributed by atoms with van der Waals surface area (Å²) in [4.78, 5) is 25.6. The van der Waals surface area contributed by atoms with Gasteiger partial charge in [0.2, 0.25) is 0 Å². The van der Waals surface area contributed by atoms with Crippen molar-refractivity contribution in [1.82, 2.24) is 9.55 Å². The largest absolute Gasteiger partial charge is 0.478 e. The van der Waals surface area contributed by atoms with Gasteiger partial charge in [0.1, 0.15) is 0 Å². The zero-order valence-electron chi connectivity index (χ0n) is 9.55. The number of carbonyl (C=O) groups is 1. The fraction of sp³-hybridized carbons (Fsp3) is 0.333. The van der Waals surface area contributed by atoms with Crippen LogP contribution in [0.2, 0.25) is 0 Å². The van der Waals surface area contributed by atoms with Crippen molar-refractivity contribution < 1.29 is 14.6 Å². The number of imidazole rings is 1. The Bertz CT molecular complexity index is 664. The SMILES string of the molecule is O=C(O)c1ccc2[nH]c(=O)n(C3CCOC3)c2c1. The standard InChI is InChI=1S/C12H12N2O4/c15-11(16)7-1-2-9-10(5-7)14(12(17)13-9)8-3-4-18-6-8/h1-2,5,8H,3-4,6H2,(H,13,17)(H,15,16). The molecule has 6 heteroatoms. The number of ether oxygens (including phenoxy) is 1. The van der Waals surface area contributed by atoms with Crippen LogP contribution in [0.25, 0.3) is 11.0 Å². The van der Waals surface area contributed by atoms with Gasteiger partial charge in [0, 0.05) is 6.61 Å². The summed E-state index contributed by atoms with van der Waals surface area (Å²) in [7, 11) is 0. The summed E-state index contributed by atoms with van der Waals surface area (Å²) in [6.07, 6.45) is 0.768. The third-order valence-electron chi connectivity index (χ3n) is 3.24. The van der Waals surface area contributed by atoms with Crippen molar-refractivity contribution in [2.24, 2.45) is 0 Å². The number of aromatic carboxylic acids is 1. The Hall–Kier alpha value is -2.08. The number of hydrogen-bond acceptors (Lipinski definition) is 3. The molecule has 1 saturated heterocycles. The molecule has 0 bridgehead atoms. The molecule has 1 aliphatic rings. The molecular formula is C12H12N2O4. The van der Waals surface area contributed by atoms with Gasteiger partial charge in [-0.25, -0.2) is 9.59 Å². The average molecular weight is 248 g/mol. The number of nitrogens with one attached hydrogen (secondary N) is 1. The number of hydrogen-bond donors (Lipinski definition) is 2. The second-order valence-corrected chi connectivity index (χ2v) is 4.35. The van der Waals surface area contributed by atoms with E-state index in [1.54, 1.807) is 10.6 Å². The lowest BCUT2D eigenvalue weighted by molar-refractivity contribution is 0.0697. The Morgan fingerprint density at radius 2 is 2.33 bits per heavy atom. The number of carboxylic acids is 1. The first-order valence-corrected chi connectivity index (χ1v) is 5.72. The van der Waals surface area contributed by atoms with Gasteiger partial charge in [-0.1, -0.05) is 0 Å². The van der Waals surface area contributed by atoms with Crippen LogP contribution in [0.3, 0.4) is 0 Å². The molecule has 1 aliphatic heterocycles. The molecule has 0 radical (unpaired) electrons. The topological polar surface area (TPSA) is 84.3 Å². The van der Waals surface area contributed by atoms with E-state index in [0.29, 0.717) is 24.2 Å². The molecule has 6 nitrogen and oxygen atoms in total. The van der Waals surface area contributed by atoms with Gasteiger partial charge in [-0.15, -0.1) is 0 Å². The summed E-state index contributed by atoms with van der Waals surface area (Å²) in [6.45, 7) is 1.12. The first-order chi connectivity index (χ1) is 8.66. The summed E-state index contributed by atoms with van der Waals surface area (Å²) in [5.74, 6) is -1.00. The smallest absolute Gasteiger partial charge is 0.335 e. The molecule has 1 unspecified atom stereocenters. The highest BCUT2D eigenvalue weighted by atomic mass is 16.5. The van der Waals surface area contributed by atoms with E-state index in [-0.39, 0.29) is 17.3 Å². The van der Waals surface area contributed by atoms with E-state index in [1.165, 1.54) is 12.1 Å². The molecule has 2 aromatic rings. The molecule has 2 heterocycles. The number of aromatic amines is 1. The molecule has 2 N–H and O–H groups in total. The molecule has 1 atom stereocenters. The van der Waals surface area contributed by atoms with Crippen LogP contribution in [0, 0.1) is 0 Å². The molecule has 94 valence electrons. The lowest BCUT2D eigenvalue weighted by Gasteiger charge is -2.09. The summed E-state index contributed by atoms with van der Waals surface area (Å²) < 4.78 is 6.86. The zero-order valence-corrected chi connectivity index (χ0v) is 9.55. The third kappa shape index (κ3) is 1.62. The quantitative estimate of drug-likeness (QED) is 0.830. The highest BCUT2D eigenvalue weighted by Crippen LogP contribution is 2.22. The number of aromatic nitrogens is 2. The fourth-order valence-corrected chi connectivity index (χ4v) is 2.34. The highest BCUT2D eigenvalue weighted by Gasteiger charge is 2.22. The Balaban J connectivity index is 2.22. The summed E-state index contributed by atoms with van der Waals surface area (Å²) in [6, 6.07) is 4.60. The van der Waals surface area contributed by atoms with Crippen molar-refractivity contribution in [2.75, 3.05) is 13.2 Å². The minimum atomic E-state index is -1.00. The van der Waals surface area contributed by atoms with Crippen LogP contribution in [-0.4, -0.2) is 33.8 Å². The van der Waals surface area contributed by atoms with Crippen molar-refractivity contribution in [1.29, 1.82) is 0 Å². The number of H-pyrrole nitrogens is 1. The zero-order chi connectivity index (χ0) is 12.7. The van der Waals surface area contributed by atoms with Gasteiger partial charge in [0.15, 0.2) is 0 Å². The van der Waals surface area contributed by atoms with Gasteiger partial charge in [0.25, 0.3) is 0 Å². The number of benzene rings is 1. The van der Waals surface area contributed by atoms with Crippen LogP contribution in [0.15, 0.2) is 23.0 Å². The van der Waals surface area contributed by atoms with E-state index < -0.39 is 5.97 Å². The van der Waals surface area contributed by atoms with Crippen LogP contribution >= 0.6 is 0 Å². The van der Waals surface area contributed by atoms with E-state index >= 15 is 0 Å². The average Bonchev–Trinajstić information content (AvgIpc) is 2.93. The van der Waals surface area contributed by atoms with Gasteiger partial charge >= 0.3 is 11.7 Å². The fourth-order valence-electron chi connectivity index (χ4n) is 2.34. The normalized spacial score (nSPS) is 19.4. The number of nitrogens with zero attached hydrogens (tertiary/aromatic N) is 1. The van der Waals surface area contributed by atoms with Gasteiger partial charge < -0.3 is 14.8 Å². The first kappa shape index (κ1) is 11.0. The highest BCUT2D eigenvalue weighted by molar-refractivity contribution is 5.92. The predicted octanol–water partition coefficient (Wildman–Crippen LogP) is 0.989. The minimum Gasteiger partial charge on any atom is -0.478 e. The number of carboxylic acid groups (broad SMARTS) is 1. The van der Waals surface area contributed by atoms with Crippen LogP contribution in [-0.2, 0) is 4.74 Å². The summed E-state index contributed by atoms with van der Waals surface area (Å²) in [5.41, 5.74) is 1.23. The summed E-state index contributed by atoms with van der Waals surface area (Å²) in [5, 5.41) is 8.99. The molecule has 3 rings (SSSR count). The molecule has 0 spiro atoms. The van der Waals surface area contributed by atoms with Crippen LogP contribution in [0.4, 0.5) is 0 Å². The van der Waals surface area contributed by atoms with Crippen molar-refractivity contribution in [3.63, 3.8) is 0 Å². The number of fused-ring (bicyclic) bond motifs is 1. The maximum Gasteiger partial charge on any atom is 0.335 e. The molecule has 1 fully saturated rings. The monoisotopic (exact) mass is 248 g/mol. The van der Waals surface area contributed by atoms with Gasteiger partial charge in [-0.05, 0) is 24.6 Å². The van der Waals surface area contributed by atoms with Crippen molar-refractivity contribution in [2.45, 2.75) is 12.5 Å². The summed E-state index contributed by atoms with van der Waals surface area (Å²) >= 11 is 0. The molecule has 0 amide bonds. The van der Waals surface area contributed by atoms with E-state index in [9.17, 15) is 9.59 Å². The number of rotatable bonds is 2. The predicted molar refractivity (Wildman–Crippen MR) is 64.0 cm³/mol. The van der Waals surface area contributed by atoms with Crippen molar-refractivity contribution in [3.05, 3.63) is 34.2 Å². The lowest BCUT2D eigenvalue weighted by Crippen LogP contribution is -2.22. The van der Waals surface area contributed by atoms with E-state index in [4.69, 9.17) is 9.84 Å². The molecule has 1 aromatic heterocycles. The van der Waals surface area contributed by atoms with Crippen molar-refractivity contribution in [3.8, 4) is 0 Å². The van der Waals surface area contributed by atoms with Crippen molar-refractivity contribution >= 4 is 17.0 Å². The van der Waals surface area contributed by atoms with E-state index in [1.807, 2.05) is 0 Å². The Morgan fingerprint density at radius 1 is 1.50 bits per heavy atom. The molecular weight excluding hydrogens is 236 g/mol. The van der Waals surface area contributed by atoms with Crippen LogP contribution in [0.1, 0.15) is 22.8 Å². The molecule has 0 saturated carbocycles. The Kier molecular flexibility index (Phi) is 2.45. The third-order valence-corrected chi connectivity index (χ3v) is 3.24. The van der Waals surface area contributed by atoms with Crippen LogP contribution in [0.5, 0.6) is 0 Å². The van der Waals surface area contributed by atoms with Crippen LogP contribution < -0.4 is 5.69 Å².